The van der Waals surface area contributed by atoms with E-state index in [1.165, 1.54) is 12.1 Å². The monoisotopic (exact) mass is 512 g/mol. The van der Waals surface area contributed by atoms with Crippen LogP contribution in [0.25, 0.3) is 32.9 Å². The predicted molar refractivity (Wildman–Crippen MR) is 151 cm³/mol. The summed E-state index contributed by atoms with van der Waals surface area (Å²) in [6.45, 7) is 0.713. The van der Waals surface area contributed by atoms with Crippen LogP contribution in [0.1, 0.15) is 31.8 Å². The van der Waals surface area contributed by atoms with Crippen molar-refractivity contribution in [3.63, 3.8) is 0 Å². The van der Waals surface area contributed by atoms with Gasteiger partial charge in [0.25, 0.3) is 5.91 Å². The average Bonchev–Trinajstić information content (AvgIpc) is 3.38. The van der Waals surface area contributed by atoms with Crippen molar-refractivity contribution in [2.24, 2.45) is 0 Å². The zero-order chi connectivity index (χ0) is 26.8. The van der Waals surface area contributed by atoms with E-state index >= 15 is 0 Å². The highest BCUT2D eigenvalue weighted by Gasteiger charge is 2.19. The van der Waals surface area contributed by atoms with Gasteiger partial charge in [-0.2, -0.15) is 0 Å². The van der Waals surface area contributed by atoms with E-state index in [4.69, 9.17) is 5.11 Å². The highest BCUT2D eigenvalue weighted by atomic mass is 16.4. The molecule has 1 heterocycles. The van der Waals surface area contributed by atoms with Crippen molar-refractivity contribution < 1.29 is 14.7 Å². The van der Waals surface area contributed by atoms with Crippen LogP contribution in [-0.4, -0.2) is 32.0 Å². The van der Waals surface area contributed by atoms with Gasteiger partial charge in [0.05, 0.1) is 17.7 Å². The number of amides is 1. The van der Waals surface area contributed by atoms with E-state index in [1.54, 1.807) is 16.8 Å². The topological polar surface area (TPSA) is 97.1 Å². The minimum absolute atomic E-state index is 0.200. The molecule has 1 aromatic heterocycles. The molecule has 0 saturated carbocycles. The Morgan fingerprint density at radius 1 is 0.744 bits per heavy atom. The number of carbonyl (C=O) groups excluding carboxylic acids is 1. The molecule has 39 heavy (non-hydrogen) atoms. The van der Waals surface area contributed by atoms with Gasteiger partial charge in [0, 0.05) is 6.54 Å². The summed E-state index contributed by atoms with van der Waals surface area (Å²) in [4.78, 5) is 24.7. The molecule has 0 saturated heterocycles. The third-order valence-corrected chi connectivity index (χ3v) is 6.76. The Hall–Kier alpha value is -5.30. The van der Waals surface area contributed by atoms with Crippen LogP contribution in [0, 0.1) is 0 Å². The van der Waals surface area contributed by atoms with Gasteiger partial charge in [0.2, 0.25) is 0 Å². The van der Waals surface area contributed by atoms with Crippen LogP contribution < -0.4 is 5.32 Å². The standard InChI is InChI=1S/C32H24N4O3/c37-31(33-19-21-10-14-25(15-11-21)32(38)39)28-17-27(23-6-2-1-3-7-23)18-29-30(28)36(35-34-29)20-22-12-13-24-8-4-5-9-26(24)16-22/h1-18H,19-20H2,(H,33,37)(H,38,39). The van der Waals surface area contributed by atoms with Gasteiger partial charge in [-0.3, -0.25) is 4.79 Å². The number of nitrogens with zero attached hydrogens (tertiary/aromatic N) is 3. The summed E-state index contributed by atoms with van der Waals surface area (Å²) in [6.07, 6.45) is 0. The molecule has 1 amide bonds. The first-order valence-corrected chi connectivity index (χ1v) is 12.6. The fraction of sp³-hybridized carbons (Fsp3) is 0.0625. The normalized spacial score (nSPS) is 11.1. The molecule has 7 heteroatoms. The molecule has 5 aromatic carbocycles. The van der Waals surface area contributed by atoms with E-state index < -0.39 is 5.97 Å². The zero-order valence-electron chi connectivity index (χ0n) is 20.9. The maximum absolute atomic E-state index is 13.6. The summed E-state index contributed by atoms with van der Waals surface area (Å²) in [5.74, 6) is -1.25. The molecule has 0 bridgehead atoms. The van der Waals surface area contributed by atoms with Crippen LogP contribution in [-0.2, 0) is 13.1 Å². The van der Waals surface area contributed by atoms with Gasteiger partial charge in [-0.05, 0) is 63.4 Å². The van der Waals surface area contributed by atoms with Crippen molar-refractivity contribution in [2.75, 3.05) is 0 Å². The average molecular weight is 513 g/mol. The highest BCUT2D eigenvalue weighted by molar-refractivity contribution is 6.06. The molecular weight excluding hydrogens is 488 g/mol. The van der Waals surface area contributed by atoms with Gasteiger partial charge in [0.1, 0.15) is 11.0 Å². The Morgan fingerprint density at radius 3 is 2.23 bits per heavy atom. The van der Waals surface area contributed by atoms with E-state index in [-0.39, 0.29) is 18.0 Å². The number of benzene rings is 5. The van der Waals surface area contributed by atoms with E-state index in [0.29, 0.717) is 23.1 Å². The first-order chi connectivity index (χ1) is 19.0. The fourth-order valence-corrected chi connectivity index (χ4v) is 4.75. The van der Waals surface area contributed by atoms with Crippen molar-refractivity contribution in [2.45, 2.75) is 13.1 Å². The summed E-state index contributed by atoms with van der Waals surface area (Å²) < 4.78 is 1.77. The van der Waals surface area contributed by atoms with Crippen molar-refractivity contribution in [1.29, 1.82) is 0 Å². The zero-order valence-corrected chi connectivity index (χ0v) is 20.9. The van der Waals surface area contributed by atoms with Gasteiger partial charge < -0.3 is 10.4 Å². The Balaban J connectivity index is 1.36. The van der Waals surface area contributed by atoms with Crippen LogP contribution in [0.15, 0.2) is 109 Å². The molecule has 0 spiro atoms. The molecule has 0 fully saturated rings. The number of aromatic nitrogens is 3. The maximum Gasteiger partial charge on any atom is 0.335 e. The molecule has 0 radical (unpaired) electrons. The number of nitrogens with one attached hydrogen (secondary N) is 1. The Morgan fingerprint density at radius 2 is 1.46 bits per heavy atom. The number of carboxylic acid groups (broad SMARTS) is 1. The van der Waals surface area contributed by atoms with Crippen molar-refractivity contribution in [3.05, 3.63) is 131 Å². The van der Waals surface area contributed by atoms with Crippen LogP contribution in [0.5, 0.6) is 0 Å². The summed E-state index contributed by atoms with van der Waals surface area (Å²) >= 11 is 0. The first-order valence-electron chi connectivity index (χ1n) is 12.6. The lowest BCUT2D eigenvalue weighted by atomic mass is 10.0. The molecule has 0 atom stereocenters. The van der Waals surface area contributed by atoms with Crippen molar-refractivity contribution in [1.82, 2.24) is 20.3 Å². The minimum atomic E-state index is -0.988. The fourth-order valence-electron chi connectivity index (χ4n) is 4.75. The third kappa shape index (κ3) is 4.98. The van der Waals surface area contributed by atoms with Crippen molar-refractivity contribution in [3.8, 4) is 11.1 Å². The number of hydrogen-bond donors (Lipinski definition) is 2. The lowest BCUT2D eigenvalue weighted by Crippen LogP contribution is -2.24. The predicted octanol–water partition coefficient (Wildman–Crippen LogP) is 5.93. The maximum atomic E-state index is 13.6. The molecule has 6 rings (SSSR count). The molecule has 190 valence electrons. The second-order valence-corrected chi connectivity index (χ2v) is 9.37. The van der Waals surface area contributed by atoms with E-state index in [0.717, 1.165) is 33.0 Å². The minimum Gasteiger partial charge on any atom is -0.478 e. The smallest absolute Gasteiger partial charge is 0.335 e. The number of fused-ring (bicyclic) bond motifs is 2. The summed E-state index contributed by atoms with van der Waals surface area (Å²) in [5.41, 5.74) is 5.66. The quantitative estimate of drug-likeness (QED) is 0.276. The van der Waals surface area contributed by atoms with Crippen LogP contribution in [0.2, 0.25) is 0 Å². The van der Waals surface area contributed by atoms with Crippen molar-refractivity contribution >= 4 is 33.7 Å². The van der Waals surface area contributed by atoms with Gasteiger partial charge in [0.15, 0.2) is 0 Å². The number of hydrogen-bond acceptors (Lipinski definition) is 4. The van der Waals surface area contributed by atoms with Gasteiger partial charge in [-0.15, -0.1) is 5.10 Å². The highest BCUT2D eigenvalue weighted by Crippen LogP contribution is 2.28. The first kappa shape index (κ1) is 24.1. The summed E-state index contributed by atoms with van der Waals surface area (Å²) in [6, 6.07) is 34.6. The molecule has 0 aliphatic heterocycles. The van der Waals surface area contributed by atoms with Crippen LogP contribution in [0.3, 0.4) is 0 Å². The van der Waals surface area contributed by atoms with Crippen LogP contribution >= 0.6 is 0 Å². The largest absolute Gasteiger partial charge is 0.478 e. The second kappa shape index (κ2) is 10.2. The third-order valence-electron chi connectivity index (χ3n) is 6.76. The molecule has 0 unspecified atom stereocenters. The lowest BCUT2D eigenvalue weighted by Gasteiger charge is -2.12. The van der Waals surface area contributed by atoms with Gasteiger partial charge in [-0.1, -0.05) is 84.1 Å². The molecule has 0 aliphatic rings. The van der Waals surface area contributed by atoms with Gasteiger partial charge >= 0.3 is 5.97 Å². The second-order valence-electron chi connectivity index (χ2n) is 9.37. The van der Waals surface area contributed by atoms with E-state index in [9.17, 15) is 9.59 Å². The summed E-state index contributed by atoms with van der Waals surface area (Å²) in [5, 5.41) is 23.3. The molecular formula is C32H24N4O3. The summed E-state index contributed by atoms with van der Waals surface area (Å²) in [7, 11) is 0. The number of carboxylic acids is 1. The van der Waals surface area contributed by atoms with Gasteiger partial charge in [-0.25, -0.2) is 9.48 Å². The van der Waals surface area contributed by atoms with E-state index in [2.05, 4.69) is 46.0 Å². The Labute approximate surface area is 224 Å². The number of carbonyl (C=O) groups is 2. The molecule has 0 aliphatic carbocycles. The van der Waals surface area contributed by atoms with Crippen LogP contribution in [0.4, 0.5) is 0 Å². The molecule has 6 aromatic rings. The SMILES string of the molecule is O=C(O)c1ccc(CNC(=O)c2cc(-c3ccccc3)cc3nnn(Cc4ccc5ccccc5c4)c23)cc1. The molecule has 2 N–H and O–H groups in total. The lowest BCUT2D eigenvalue weighted by molar-refractivity contribution is 0.0696. The Kier molecular flexibility index (Phi) is 6.31. The number of rotatable bonds is 7. The van der Waals surface area contributed by atoms with E-state index in [1.807, 2.05) is 54.6 Å². The Bertz CT molecular complexity index is 1830. The molecule has 7 nitrogen and oxygen atoms in total. The number of aromatic carboxylic acids is 1.